The fraction of sp³-hybridized carbons (Fsp3) is 0.909. The highest BCUT2D eigenvalue weighted by atomic mass is 16.5. The molecule has 0 aromatic rings. The monoisotopic (exact) mass is 230 g/mol. The fourth-order valence-electron chi connectivity index (χ4n) is 1.74. The lowest BCUT2D eigenvalue weighted by molar-refractivity contribution is -0.124. The van der Waals surface area contributed by atoms with Crippen LogP contribution in [0.4, 0.5) is 0 Å². The van der Waals surface area contributed by atoms with Crippen LogP contribution in [0, 0.1) is 0 Å². The van der Waals surface area contributed by atoms with Gasteiger partial charge in [0.05, 0.1) is 19.3 Å². The zero-order valence-electron chi connectivity index (χ0n) is 10.2. The highest BCUT2D eigenvalue weighted by molar-refractivity contribution is 5.77. The molecule has 94 valence electrons. The second kappa shape index (κ2) is 7.60. The number of nitrogens with zero attached hydrogens (tertiary/aromatic N) is 1. The van der Waals surface area contributed by atoms with Crippen molar-refractivity contribution in [3.63, 3.8) is 0 Å². The molecule has 16 heavy (non-hydrogen) atoms. The smallest absolute Gasteiger partial charge is 0.234 e. The standard InChI is InChI=1S/C11H22N2O3/c1-10-8-13(5-7-16-10)9-11(14)12-4-3-6-15-2/h10H,3-9H2,1-2H3,(H,12,14). The summed E-state index contributed by atoms with van der Waals surface area (Å²) in [6.45, 7) is 6.28. The van der Waals surface area contributed by atoms with Gasteiger partial charge >= 0.3 is 0 Å². The molecule has 1 rings (SSSR count). The molecule has 1 heterocycles. The van der Waals surface area contributed by atoms with Crippen LogP contribution >= 0.6 is 0 Å². The molecular formula is C11H22N2O3. The predicted molar refractivity (Wildman–Crippen MR) is 61.4 cm³/mol. The largest absolute Gasteiger partial charge is 0.385 e. The van der Waals surface area contributed by atoms with Crippen LogP contribution in [0.15, 0.2) is 0 Å². The Hall–Kier alpha value is -0.650. The summed E-state index contributed by atoms with van der Waals surface area (Å²) in [5, 5.41) is 2.88. The van der Waals surface area contributed by atoms with Gasteiger partial charge in [0.25, 0.3) is 0 Å². The van der Waals surface area contributed by atoms with Crippen molar-refractivity contribution in [3.05, 3.63) is 0 Å². The summed E-state index contributed by atoms with van der Waals surface area (Å²) >= 11 is 0. The lowest BCUT2D eigenvalue weighted by Gasteiger charge is -2.30. The molecule has 1 aliphatic heterocycles. The van der Waals surface area contributed by atoms with Crippen molar-refractivity contribution in [2.45, 2.75) is 19.4 Å². The zero-order chi connectivity index (χ0) is 11.8. The van der Waals surface area contributed by atoms with Crippen LogP contribution in [0.2, 0.25) is 0 Å². The molecule has 0 aliphatic carbocycles. The number of ether oxygens (including phenoxy) is 2. The number of carbonyl (C=O) groups is 1. The molecule has 1 atom stereocenters. The van der Waals surface area contributed by atoms with E-state index in [-0.39, 0.29) is 12.0 Å². The van der Waals surface area contributed by atoms with Crippen LogP contribution in [-0.4, -0.2) is 63.4 Å². The zero-order valence-corrected chi connectivity index (χ0v) is 10.2. The minimum Gasteiger partial charge on any atom is -0.385 e. The summed E-state index contributed by atoms with van der Waals surface area (Å²) in [4.78, 5) is 13.7. The highest BCUT2D eigenvalue weighted by Gasteiger charge is 2.18. The SMILES string of the molecule is COCCCNC(=O)CN1CCOC(C)C1. The molecular weight excluding hydrogens is 208 g/mol. The number of hydrogen-bond donors (Lipinski definition) is 1. The van der Waals surface area contributed by atoms with Gasteiger partial charge in [-0.1, -0.05) is 0 Å². The van der Waals surface area contributed by atoms with E-state index in [0.717, 1.165) is 26.1 Å². The number of nitrogens with one attached hydrogen (secondary N) is 1. The average Bonchev–Trinajstić information content (AvgIpc) is 2.24. The molecule has 1 aliphatic rings. The van der Waals surface area contributed by atoms with Crippen molar-refractivity contribution >= 4 is 5.91 Å². The van der Waals surface area contributed by atoms with E-state index in [1.807, 2.05) is 6.92 Å². The summed E-state index contributed by atoms with van der Waals surface area (Å²) in [6, 6.07) is 0. The van der Waals surface area contributed by atoms with Crippen LogP contribution in [0.25, 0.3) is 0 Å². The third-order valence-electron chi connectivity index (χ3n) is 2.54. The van der Waals surface area contributed by atoms with Gasteiger partial charge in [0, 0.05) is 33.4 Å². The summed E-state index contributed by atoms with van der Waals surface area (Å²) < 4.78 is 10.3. The van der Waals surface area contributed by atoms with Crippen molar-refractivity contribution in [1.29, 1.82) is 0 Å². The van der Waals surface area contributed by atoms with Crippen LogP contribution in [0.3, 0.4) is 0 Å². The van der Waals surface area contributed by atoms with E-state index in [9.17, 15) is 4.79 Å². The number of rotatable bonds is 6. The van der Waals surface area contributed by atoms with E-state index in [2.05, 4.69) is 10.2 Å². The maximum atomic E-state index is 11.5. The lowest BCUT2D eigenvalue weighted by Crippen LogP contribution is -2.46. The Kier molecular flexibility index (Phi) is 6.37. The molecule has 5 nitrogen and oxygen atoms in total. The van der Waals surface area contributed by atoms with Gasteiger partial charge in [0.15, 0.2) is 0 Å². The van der Waals surface area contributed by atoms with E-state index in [1.165, 1.54) is 0 Å². The summed E-state index contributed by atoms with van der Waals surface area (Å²) in [5.41, 5.74) is 0. The maximum absolute atomic E-state index is 11.5. The van der Waals surface area contributed by atoms with Gasteiger partial charge in [-0.15, -0.1) is 0 Å². The Balaban J connectivity index is 2.08. The number of amides is 1. The van der Waals surface area contributed by atoms with E-state index < -0.39 is 0 Å². The molecule has 1 fully saturated rings. The van der Waals surface area contributed by atoms with Gasteiger partial charge in [0.1, 0.15) is 0 Å². The van der Waals surface area contributed by atoms with Gasteiger partial charge < -0.3 is 14.8 Å². The lowest BCUT2D eigenvalue weighted by atomic mass is 10.3. The van der Waals surface area contributed by atoms with Gasteiger partial charge in [-0.05, 0) is 13.3 Å². The van der Waals surface area contributed by atoms with Gasteiger partial charge in [-0.2, -0.15) is 0 Å². The minimum absolute atomic E-state index is 0.0882. The first-order chi connectivity index (χ1) is 7.72. The van der Waals surface area contributed by atoms with Crippen molar-refractivity contribution in [2.75, 3.05) is 46.5 Å². The summed E-state index contributed by atoms with van der Waals surface area (Å²) in [7, 11) is 1.66. The molecule has 5 heteroatoms. The topological polar surface area (TPSA) is 50.8 Å². The molecule has 1 saturated heterocycles. The first kappa shape index (κ1) is 13.4. The number of carbonyl (C=O) groups excluding carboxylic acids is 1. The average molecular weight is 230 g/mol. The minimum atomic E-state index is 0.0882. The maximum Gasteiger partial charge on any atom is 0.234 e. The third-order valence-corrected chi connectivity index (χ3v) is 2.54. The fourth-order valence-corrected chi connectivity index (χ4v) is 1.74. The normalized spacial score (nSPS) is 22.0. The Morgan fingerprint density at radius 3 is 3.12 bits per heavy atom. The molecule has 1 N–H and O–H groups in total. The quantitative estimate of drug-likeness (QED) is 0.645. The highest BCUT2D eigenvalue weighted by Crippen LogP contribution is 2.03. The van der Waals surface area contributed by atoms with E-state index >= 15 is 0 Å². The van der Waals surface area contributed by atoms with Crippen molar-refractivity contribution in [3.8, 4) is 0 Å². The van der Waals surface area contributed by atoms with Gasteiger partial charge in [-0.25, -0.2) is 0 Å². The molecule has 0 aromatic heterocycles. The Morgan fingerprint density at radius 2 is 2.44 bits per heavy atom. The molecule has 1 amide bonds. The van der Waals surface area contributed by atoms with Crippen LogP contribution in [0.5, 0.6) is 0 Å². The Morgan fingerprint density at radius 1 is 1.62 bits per heavy atom. The van der Waals surface area contributed by atoms with E-state index in [0.29, 0.717) is 19.7 Å². The van der Waals surface area contributed by atoms with Crippen molar-refractivity contribution < 1.29 is 14.3 Å². The van der Waals surface area contributed by atoms with Crippen LogP contribution in [0.1, 0.15) is 13.3 Å². The van der Waals surface area contributed by atoms with E-state index in [4.69, 9.17) is 9.47 Å². The van der Waals surface area contributed by atoms with Gasteiger partial charge in [-0.3, -0.25) is 9.69 Å². The first-order valence-electron chi connectivity index (χ1n) is 5.82. The summed E-state index contributed by atoms with van der Waals surface area (Å²) in [5.74, 6) is 0.0882. The number of methoxy groups -OCH3 is 1. The Bertz CT molecular complexity index is 211. The Labute approximate surface area is 97.1 Å². The van der Waals surface area contributed by atoms with Gasteiger partial charge in [0.2, 0.25) is 5.91 Å². The first-order valence-corrected chi connectivity index (χ1v) is 5.82. The second-order valence-electron chi connectivity index (χ2n) is 4.11. The summed E-state index contributed by atoms with van der Waals surface area (Å²) in [6.07, 6.45) is 1.09. The van der Waals surface area contributed by atoms with Crippen molar-refractivity contribution in [2.24, 2.45) is 0 Å². The van der Waals surface area contributed by atoms with Crippen LogP contribution < -0.4 is 5.32 Å². The molecule has 0 bridgehead atoms. The molecule has 0 aromatic carbocycles. The molecule has 0 radical (unpaired) electrons. The number of hydrogen-bond acceptors (Lipinski definition) is 4. The van der Waals surface area contributed by atoms with Crippen LogP contribution in [-0.2, 0) is 14.3 Å². The molecule has 1 unspecified atom stereocenters. The predicted octanol–water partition coefficient (Wildman–Crippen LogP) is -0.140. The van der Waals surface area contributed by atoms with Crippen molar-refractivity contribution in [1.82, 2.24) is 10.2 Å². The molecule has 0 saturated carbocycles. The molecule has 0 spiro atoms. The van der Waals surface area contributed by atoms with E-state index in [1.54, 1.807) is 7.11 Å². The second-order valence-corrected chi connectivity index (χ2v) is 4.11. The third kappa shape index (κ3) is 5.44. The number of morpholine rings is 1.